The Kier molecular flexibility index (Phi) is 11.6. The Labute approximate surface area is 450 Å². The van der Waals surface area contributed by atoms with Crippen LogP contribution in [0.2, 0.25) is 0 Å². The zero-order valence-corrected chi connectivity index (χ0v) is 43.4. The molecule has 1 aromatic heterocycles. The summed E-state index contributed by atoms with van der Waals surface area (Å²) in [5.74, 6) is 0. The van der Waals surface area contributed by atoms with E-state index in [-0.39, 0.29) is 0 Å². The molecule has 3 heteroatoms. The van der Waals surface area contributed by atoms with Crippen molar-refractivity contribution in [3.63, 3.8) is 0 Å². The van der Waals surface area contributed by atoms with Crippen molar-refractivity contribution in [3.8, 4) is 39.1 Å². The Morgan fingerprint density at radius 1 is 0.260 bits per heavy atom. The summed E-state index contributed by atoms with van der Waals surface area (Å²) in [5, 5.41) is 13.0. The van der Waals surface area contributed by atoms with Gasteiger partial charge in [-0.1, -0.05) is 249 Å². The van der Waals surface area contributed by atoms with Gasteiger partial charge in [0.2, 0.25) is 0 Å². The van der Waals surface area contributed by atoms with Crippen molar-refractivity contribution in [2.75, 3.05) is 4.90 Å². The van der Waals surface area contributed by atoms with E-state index in [1.165, 1.54) is 97.5 Å². The van der Waals surface area contributed by atoms with Crippen LogP contribution in [0.1, 0.15) is 0 Å². The van der Waals surface area contributed by atoms with E-state index < -0.39 is 8.07 Å². The lowest BCUT2D eigenvalue weighted by Crippen LogP contribution is -2.74. The Morgan fingerprint density at radius 3 is 1.27 bits per heavy atom. The largest absolute Gasteiger partial charge is 0.311 e. The highest BCUT2D eigenvalue weighted by Gasteiger charge is 2.41. The van der Waals surface area contributed by atoms with Gasteiger partial charge in [-0.05, 0) is 142 Å². The number of aromatic nitrogens is 1. The van der Waals surface area contributed by atoms with Crippen LogP contribution in [0.4, 0.5) is 17.1 Å². The minimum absolute atomic E-state index is 1.09. The number of benzene rings is 13. The number of anilines is 3. The predicted octanol–water partition coefficient (Wildman–Crippen LogP) is 16.9. The molecule has 0 N–H and O–H groups in total. The van der Waals surface area contributed by atoms with Crippen molar-refractivity contribution in [1.82, 2.24) is 4.57 Å². The highest BCUT2D eigenvalue weighted by Crippen LogP contribution is 2.41. The van der Waals surface area contributed by atoms with E-state index in [1.807, 2.05) is 0 Å². The van der Waals surface area contributed by atoms with Crippen LogP contribution < -0.4 is 25.6 Å². The summed E-state index contributed by atoms with van der Waals surface area (Å²) in [6.07, 6.45) is 0. The van der Waals surface area contributed by atoms with E-state index in [1.54, 1.807) is 0 Å². The number of nitrogens with zero attached hydrogens (tertiary/aromatic N) is 2. The van der Waals surface area contributed by atoms with Gasteiger partial charge in [-0.25, -0.2) is 0 Å². The van der Waals surface area contributed by atoms with Crippen molar-refractivity contribution >= 4 is 89.2 Å². The van der Waals surface area contributed by atoms with Gasteiger partial charge in [0.25, 0.3) is 0 Å². The number of para-hydroxylation sites is 2. The molecule has 0 aliphatic rings. The summed E-state index contributed by atoms with van der Waals surface area (Å²) >= 11 is 0. The monoisotopic (exact) mass is 996 g/mol. The molecule has 362 valence electrons. The predicted molar refractivity (Wildman–Crippen MR) is 330 cm³/mol. The number of hydrogen-bond acceptors (Lipinski definition) is 1. The quantitative estimate of drug-likeness (QED) is 0.0712. The molecular formula is C74H52N2Si. The fraction of sp³-hybridized carbons (Fsp3) is 0. The molecule has 0 aliphatic carbocycles. The van der Waals surface area contributed by atoms with Crippen molar-refractivity contribution in [1.29, 1.82) is 0 Å². The first kappa shape index (κ1) is 45.8. The topological polar surface area (TPSA) is 8.17 Å². The van der Waals surface area contributed by atoms with Crippen LogP contribution in [-0.2, 0) is 0 Å². The van der Waals surface area contributed by atoms with Gasteiger partial charge in [0, 0.05) is 33.5 Å². The SMILES string of the molecule is c1ccc(-n2c3ccccc3c3c(-c4ccc(-c5ccc(N(c6ccc(-c7ccc8c(ccc9ccccc98)c7)cc6)c6ccc([Si](c7ccccc7)(c7ccccc7)c7ccccc7)cc6)cc5)cc4)cccc32)cc1. The molecule has 0 atom stereocenters. The van der Waals surface area contributed by atoms with Crippen LogP contribution in [0.25, 0.3) is 82.4 Å². The second-order valence-electron chi connectivity index (χ2n) is 20.0. The van der Waals surface area contributed by atoms with Crippen LogP contribution in [0.3, 0.4) is 0 Å². The molecule has 0 unspecified atom stereocenters. The molecule has 0 bridgehead atoms. The molecule has 0 saturated heterocycles. The zero-order valence-electron chi connectivity index (χ0n) is 42.4. The summed E-state index contributed by atoms with van der Waals surface area (Å²) in [7, 11) is -2.73. The molecule has 0 radical (unpaired) electrons. The maximum absolute atomic E-state index is 2.73. The normalized spacial score (nSPS) is 11.6. The second kappa shape index (κ2) is 19.5. The maximum Gasteiger partial charge on any atom is 0.179 e. The van der Waals surface area contributed by atoms with Gasteiger partial charge in [0.1, 0.15) is 0 Å². The molecule has 0 aliphatic heterocycles. The zero-order chi connectivity index (χ0) is 51.1. The Balaban J connectivity index is 0.844. The highest BCUT2D eigenvalue weighted by molar-refractivity contribution is 7.19. The highest BCUT2D eigenvalue weighted by atomic mass is 28.3. The van der Waals surface area contributed by atoms with Crippen LogP contribution >= 0.6 is 0 Å². The van der Waals surface area contributed by atoms with Gasteiger partial charge in [-0.2, -0.15) is 0 Å². The minimum atomic E-state index is -2.73. The smallest absolute Gasteiger partial charge is 0.179 e. The van der Waals surface area contributed by atoms with Gasteiger partial charge in [-0.3, -0.25) is 0 Å². The van der Waals surface area contributed by atoms with Crippen molar-refractivity contribution < 1.29 is 0 Å². The first-order valence-electron chi connectivity index (χ1n) is 26.6. The third-order valence-electron chi connectivity index (χ3n) is 15.7. The van der Waals surface area contributed by atoms with Crippen LogP contribution in [-0.4, -0.2) is 12.6 Å². The molecule has 0 amide bonds. The molecule has 2 nitrogen and oxygen atoms in total. The molecule has 0 spiro atoms. The lowest BCUT2D eigenvalue weighted by Gasteiger charge is -2.35. The van der Waals surface area contributed by atoms with Gasteiger partial charge in [0.15, 0.2) is 8.07 Å². The molecular weight excluding hydrogens is 945 g/mol. The summed E-state index contributed by atoms with van der Waals surface area (Å²) < 4.78 is 2.39. The van der Waals surface area contributed by atoms with Crippen LogP contribution in [0, 0.1) is 0 Å². The van der Waals surface area contributed by atoms with Crippen molar-refractivity contribution in [2.24, 2.45) is 0 Å². The number of fused-ring (bicyclic) bond motifs is 6. The molecule has 1 heterocycles. The average Bonchev–Trinajstić information content (AvgIpc) is 3.88. The molecule has 0 fully saturated rings. The van der Waals surface area contributed by atoms with Gasteiger partial charge >= 0.3 is 0 Å². The van der Waals surface area contributed by atoms with Crippen molar-refractivity contribution in [2.45, 2.75) is 0 Å². The third kappa shape index (κ3) is 8.04. The van der Waals surface area contributed by atoms with Crippen LogP contribution in [0.15, 0.2) is 315 Å². The van der Waals surface area contributed by atoms with Crippen molar-refractivity contribution in [3.05, 3.63) is 315 Å². The third-order valence-corrected chi connectivity index (χ3v) is 20.5. The fourth-order valence-corrected chi connectivity index (χ4v) is 16.9. The van der Waals surface area contributed by atoms with E-state index in [0.717, 1.165) is 22.7 Å². The first-order valence-corrected chi connectivity index (χ1v) is 28.6. The second-order valence-corrected chi connectivity index (χ2v) is 23.8. The van der Waals surface area contributed by atoms with E-state index in [4.69, 9.17) is 0 Å². The molecule has 14 rings (SSSR count). The number of rotatable bonds is 11. The summed E-state index contributed by atoms with van der Waals surface area (Å²) in [6.45, 7) is 0. The molecule has 77 heavy (non-hydrogen) atoms. The fourth-order valence-electron chi connectivity index (χ4n) is 12.1. The molecule has 13 aromatic carbocycles. The summed E-state index contributed by atoms with van der Waals surface area (Å²) in [5.41, 5.74) is 14.0. The first-order chi connectivity index (χ1) is 38.2. The Hall–Kier alpha value is -9.80. The lowest BCUT2D eigenvalue weighted by atomic mass is 9.96. The van der Waals surface area contributed by atoms with E-state index in [9.17, 15) is 0 Å². The lowest BCUT2D eigenvalue weighted by molar-refractivity contribution is 1.18. The summed E-state index contributed by atoms with van der Waals surface area (Å²) in [4.78, 5) is 2.40. The van der Waals surface area contributed by atoms with Gasteiger partial charge in [-0.15, -0.1) is 0 Å². The molecule has 0 saturated carbocycles. The standard InChI is InChI=1S/C74H52N2Si/c1-5-19-60(20-6-1)76-72-30-16-15-28-71(72)74-70(29-17-31-73(74)76)57-34-32-53(33-35-57)54-38-43-61(44-39-54)75(62-45-40-55(41-46-62)58-42-51-69-59(52-58)37-36-56-18-13-14-27-68(56)69)63-47-49-67(50-48-63)77(64-21-7-2-8-22-64,65-23-9-3-10-24-65)66-25-11-4-12-26-66/h1-52H. The van der Waals surface area contributed by atoms with E-state index >= 15 is 0 Å². The Bertz CT molecular complexity index is 4290. The minimum Gasteiger partial charge on any atom is -0.311 e. The maximum atomic E-state index is 2.40. The number of hydrogen-bond donors (Lipinski definition) is 0. The average molecular weight is 997 g/mol. The summed E-state index contributed by atoms with van der Waals surface area (Å²) in [6, 6.07) is 116. The van der Waals surface area contributed by atoms with Crippen LogP contribution in [0.5, 0.6) is 0 Å². The molecule has 14 aromatic rings. The van der Waals surface area contributed by atoms with E-state index in [2.05, 4.69) is 325 Å². The van der Waals surface area contributed by atoms with E-state index in [0.29, 0.717) is 0 Å². The Morgan fingerprint density at radius 2 is 0.675 bits per heavy atom. The van der Waals surface area contributed by atoms with Gasteiger partial charge < -0.3 is 9.47 Å². The van der Waals surface area contributed by atoms with Gasteiger partial charge in [0.05, 0.1) is 11.0 Å².